The van der Waals surface area contributed by atoms with Crippen molar-refractivity contribution < 1.29 is 14.0 Å². The Hall–Kier alpha value is -2.21. The van der Waals surface area contributed by atoms with Gasteiger partial charge in [0.2, 0.25) is 5.91 Å². The van der Waals surface area contributed by atoms with E-state index in [4.69, 9.17) is 5.73 Å². The van der Waals surface area contributed by atoms with Crippen molar-refractivity contribution in [2.45, 2.75) is 6.42 Å². The number of nitrogens with one attached hydrogen (secondary N) is 1. The molecular weight excluding hydrogens is 339 g/mol. The molecule has 0 aliphatic carbocycles. The third-order valence-corrected chi connectivity index (χ3v) is 3.44. The average molecular weight is 351 g/mol. The zero-order chi connectivity index (χ0) is 15.4. The highest BCUT2D eigenvalue weighted by Crippen LogP contribution is 2.21. The van der Waals surface area contributed by atoms with Gasteiger partial charge in [-0.2, -0.15) is 0 Å². The standard InChI is InChI=1S/C15H12BrFN2O2/c16-11-2-1-3-12(17)14(11)15(21)19-10-6-4-9(5-7-10)8-13(18)20/h1-7H,8H2,(H2,18,20)(H,19,21). The lowest BCUT2D eigenvalue weighted by Gasteiger charge is -2.08. The van der Waals surface area contributed by atoms with Crippen LogP contribution < -0.4 is 11.1 Å². The van der Waals surface area contributed by atoms with E-state index < -0.39 is 17.6 Å². The van der Waals surface area contributed by atoms with E-state index in [-0.39, 0.29) is 12.0 Å². The van der Waals surface area contributed by atoms with Crippen molar-refractivity contribution in [2.75, 3.05) is 5.32 Å². The largest absolute Gasteiger partial charge is 0.369 e. The van der Waals surface area contributed by atoms with Gasteiger partial charge in [-0.15, -0.1) is 0 Å². The van der Waals surface area contributed by atoms with Gasteiger partial charge in [0.25, 0.3) is 5.91 Å². The monoisotopic (exact) mass is 350 g/mol. The molecule has 3 N–H and O–H groups in total. The first-order chi connectivity index (χ1) is 9.97. The minimum absolute atomic E-state index is 0.0567. The Morgan fingerprint density at radius 3 is 2.38 bits per heavy atom. The van der Waals surface area contributed by atoms with E-state index >= 15 is 0 Å². The highest BCUT2D eigenvalue weighted by molar-refractivity contribution is 9.10. The van der Waals surface area contributed by atoms with Gasteiger partial charge >= 0.3 is 0 Å². The summed E-state index contributed by atoms with van der Waals surface area (Å²) in [6.45, 7) is 0. The molecule has 0 heterocycles. The summed E-state index contributed by atoms with van der Waals surface area (Å²) in [6.07, 6.45) is 0.132. The fourth-order valence-corrected chi connectivity index (χ4v) is 2.34. The summed E-state index contributed by atoms with van der Waals surface area (Å²) in [5.41, 5.74) is 6.29. The van der Waals surface area contributed by atoms with E-state index in [0.29, 0.717) is 10.2 Å². The van der Waals surface area contributed by atoms with E-state index in [2.05, 4.69) is 21.2 Å². The number of hydrogen-bond acceptors (Lipinski definition) is 2. The van der Waals surface area contributed by atoms with Gasteiger partial charge in [0.15, 0.2) is 0 Å². The Labute approximate surface area is 129 Å². The van der Waals surface area contributed by atoms with Crippen LogP contribution in [0.25, 0.3) is 0 Å². The average Bonchev–Trinajstić information content (AvgIpc) is 2.40. The van der Waals surface area contributed by atoms with Crippen LogP contribution in [0.1, 0.15) is 15.9 Å². The highest BCUT2D eigenvalue weighted by atomic mass is 79.9. The van der Waals surface area contributed by atoms with Crippen LogP contribution >= 0.6 is 15.9 Å². The minimum atomic E-state index is -0.604. The second kappa shape index (κ2) is 6.49. The van der Waals surface area contributed by atoms with Crippen molar-refractivity contribution >= 4 is 33.4 Å². The summed E-state index contributed by atoms with van der Waals surface area (Å²) in [5.74, 6) is -1.59. The Bertz CT molecular complexity index is 666. The first-order valence-electron chi connectivity index (χ1n) is 6.10. The van der Waals surface area contributed by atoms with E-state index in [1.165, 1.54) is 12.1 Å². The SMILES string of the molecule is NC(=O)Cc1ccc(NC(=O)c2c(F)cccc2Br)cc1. The van der Waals surface area contributed by atoms with E-state index in [9.17, 15) is 14.0 Å². The Morgan fingerprint density at radius 1 is 1.14 bits per heavy atom. The topological polar surface area (TPSA) is 72.2 Å². The number of anilines is 1. The number of rotatable bonds is 4. The Balaban J connectivity index is 2.14. The predicted molar refractivity (Wildman–Crippen MR) is 81.4 cm³/mol. The molecule has 0 bridgehead atoms. The Morgan fingerprint density at radius 2 is 1.81 bits per heavy atom. The zero-order valence-electron chi connectivity index (χ0n) is 10.9. The van der Waals surface area contributed by atoms with Crippen LogP contribution in [0, 0.1) is 5.82 Å². The zero-order valence-corrected chi connectivity index (χ0v) is 12.5. The molecule has 0 saturated carbocycles. The van der Waals surface area contributed by atoms with Crippen LogP contribution in [0.4, 0.5) is 10.1 Å². The van der Waals surface area contributed by atoms with Gasteiger partial charge in [0.05, 0.1) is 12.0 Å². The molecule has 2 aromatic rings. The van der Waals surface area contributed by atoms with Crippen LogP contribution in [-0.2, 0) is 11.2 Å². The van der Waals surface area contributed by atoms with Crippen molar-refractivity contribution in [3.05, 3.63) is 63.9 Å². The Kier molecular flexibility index (Phi) is 4.70. The number of hydrogen-bond donors (Lipinski definition) is 2. The van der Waals surface area contributed by atoms with Gasteiger partial charge in [0.1, 0.15) is 5.82 Å². The fraction of sp³-hybridized carbons (Fsp3) is 0.0667. The summed E-state index contributed by atoms with van der Waals surface area (Å²) >= 11 is 3.15. The molecule has 0 atom stereocenters. The van der Waals surface area contributed by atoms with Crippen LogP contribution in [0.5, 0.6) is 0 Å². The number of halogens is 2. The van der Waals surface area contributed by atoms with Crippen molar-refractivity contribution in [3.8, 4) is 0 Å². The second-order valence-corrected chi connectivity index (χ2v) is 5.25. The number of benzene rings is 2. The number of carbonyl (C=O) groups excluding carboxylic acids is 2. The van der Waals surface area contributed by atoms with Gasteiger partial charge in [-0.25, -0.2) is 4.39 Å². The lowest BCUT2D eigenvalue weighted by Crippen LogP contribution is -2.15. The normalized spacial score (nSPS) is 10.2. The molecule has 2 amide bonds. The maximum Gasteiger partial charge on any atom is 0.259 e. The summed E-state index contributed by atoms with van der Waals surface area (Å²) in [5, 5.41) is 2.60. The minimum Gasteiger partial charge on any atom is -0.369 e. The molecular formula is C15H12BrFN2O2. The summed E-state index contributed by atoms with van der Waals surface area (Å²) < 4.78 is 14.0. The molecule has 21 heavy (non-hydrogen) atoms. The molecule has 108 valence electrons. The molecule has 2 aromatic carbocycles. The number of primary amides is 1. The molecule has 0 saturated heterocycles. The van der Waals surface area contributed by atoms with Gasteiger partial charge in [-0.3, -0.25) is 9.59 Å². The van der Waals surface area contributed by atoms with Crippen molar-refractivity contribution in [1.29, 1.82) is 0 Å². The van der Waals surface area contributed by atoms with E-state index in [0.717, 1.165) is 5.56 Å². The molecule has 0 fully saturated rings. The first-order valence-corrected chi connectivity index (χ1v) is 6.89. The van der Waals surface area contributed by atoms with Gasteiger partial charge < -0.3 is 11.1 Å². The van der Waals surface area contributed by atoms with Gasteiger partial charge in [-0.05, 0) is 45.8 Å². The number of carbonyl (C=O) groups is 2. The molecule has 0 aliphatic heterocycles. The van der Waals surface area contributed by atoms with Gasteiger partial charge in [-0.1, -0.05) is 18.2 Å². The fourth-order valence-electron chi connectivity index (χ4n) is 1.82. The van der Waals surface area contributed by atoms with Crippen LogP contribution in [0.3, 0.4) is 0 Å². The van der Waals surface area contributed by atoms with E-state index in [1.54, 1.807) is 30.3 Å². The molecule has 6 heteroatoms. The lowest BCUT2D eigenvalue weighted by atomic mass is 10.1. The predicted octanol–water partition coefficient (Wildman–Crippen LogP) is 2.87. The van der Waals surface area contributed by atoms with E-state index in [1.807, 2.05) is 0 Å². The maximum absolute atomic E-state index is 13.7. The summed E-state index contributed by atoms with van der Waals surface area (Å²) in [4.78, 5) is 22.9. The van der Waals surface area contributed by atoms with Crippen LogP contribution in [0.2, 0.25) is 0 Å². The molecule has 0 spiro atoms. The van der Waals surface area contributed by atoms with Crippen molar-refractivity contribution in [3.63, 3.8) is 0 Å². The van der Waals surface area contributed by atoms with Gasteiger partial charge in [0, 0.05) is 10.2 Å². The molecule has 0 radical (unpaired) electrons. The smallest absolute Gasteiger partial charge is 0.259 e. The number of nitrogens with two attached hydrogens (primary N) is 1. The third kappa shape index (κ3) is 3.88. The summed E-state index contributed by atoms with van der Waals surface area (Å²) in [6, 6.07) is 10.9. The molecule has 2 rings (SSSR count). The summed E-state index contributed by atoms with van der Waals surface area (Å²) in [7, 11) is 0. The first kappa shape index (κ1) is 15.2. The number of amides is 2. The van der Waals surface area contributed by atoms with Crippen molar-refractivity contribution in [1.82, 2.24) is 0 Å². The highest BCUT2D eigenvalue weighted by Gasteiger charge is 2.15. The lowest BCUT2D eigenvalue weighted by molar-refractivity contribution is -0.117. The third-order valence-electron chi connectivity index (χ3n) is 2.78. The van der Waals surface area contributed by atoms with Crippen molar-refractivity contribution in [2.24, 2.45) is 5.73 Å². The second-order valence-electron chi connectivity index (χ2n) is 4.39. The molecule has 0 aliphatic rings. The van der Waals surface area contributed by atoms with Crippen LogP contribution in [0.15, 0.2) is 46.9 Å². The molecule has 0 unspecified atom stereocenters. The molecule has 4 nitrogen and oxygen atoms in total. The quantitative estimate of drug-likeness (QED) is 0.889. The van der Waals surface area contributed by atoms with Crippen LogP contribution in [-0.4, -0.2) is 11.8 Å². The maximum atomic E-state index is 13.7. The molecule has 0 aromatic heterocycles.